The van der Waals surface area contributed by atoms with Crippen molar-refractivity contribution in [1.82, 2.24) is 14.7 Å². The molecule has 0 amide bonds. The summed E-state index contributed by atoms with van der Waals surface area (Å²) in [5.74, 6) is -0.240. The van der Waals surface area contributed by atoms with Crippen molar-refractivity contribution in [2.75, 3.05) is 0 Å². The first-order valence-electron chi connectivity index (χ1n) is 9.16. The number of thiophene rings is 1. The summed E-state index contributed by atoms with van der Waals surface area (Å²) in [5, 5.41) is 2.66. The molecule has 0 saturated heterocycles. The number of rotatable bonds is 7. The van der Waals surface area contributed by atoms with Gasteiger partial charge in [-0.2, -0.15) is 0 Å². The SMILES string of the molecule is CC(C)(C)[S+]([O-])NC(Cc1cccc(Cl)c1)c1csc(C(=O)c2cncnc2Cl)c1. The molecule has 3 aromatic rings. The van der Waals surface area contributed by atoms with Crippen LogP contribution in [0.1, 0.15) is 53.2 Å². The molecule has 5 nitrogen and oxygen atoms in total. The van der Waals surface area contributed by atoms with Gasteiger partial charge in [0.05, 0.1) is 16.5 Å². The van der Waals surface area contributed by atoms with Gasteiger partial charge in [0, 0.05) is 22.6 Å². The molecule has 2 atom stereocenters. The first-order chi connectivity index (χ1) is 14.1. The molecule has 1 aromatic carbocycles. The highest BCUT2D eigenvalue weighted by molar-refractivity contribution is 7.90. The van der Waals surface area contributed by atoms with Gasteiger partial charge in [0.1, 0.15) is 16.2 Å². The summed E-state index contributed by atoms with van der Waals surface area (Å²) in [6.07, 6.45) is 3.28. The second-order valence-electron chi connectivity index (χ2n) is 7.69. The Morgan fingerprint density at radius 3 is 2.73 bits per heavy atom. The lowest BCUT2D eigenvalue weighted by Crippen LogP contribution is -2.41. The molecule has 3 rings (SSSR count). The van der Waals surface area contributed by atoms with Gasteiger partial charge < -0.3 is 4.55 Å². The zero-order chi connectivity index (χ0) is 21.9. The van der Waals surface area contributed by atoms with Crippen LogP contribution in [0.25, 0.3) is 0 Å². The van der Waals surface area contributed by atoms with E-state index in [4.69, 9.17) is 23.2 Å². The number of carbonyl (C=O) groups excluding carboxylic acids is 1. The summed E-state index contributed by atoms with van der Waals surface area (Å²) in [4.78, 5) is 21.1. The van der Waals surface area contributed by atoms with Gasteiger partial charge in [0.2, 0.25) is 5.78 Å². The monoisotopic (exact) mass is 481 g/mol. The van der Waals surface area contributed by atoms with Gasteiger partial charge in [-0.3, -0.25) is 4.79 Å². The number of aromatic nitrogens is 2. The number of benzene rings is 1. The van der Waals surface area contributed by atoms with Crippen LogP contribution in [0.2, 0.25) is 10.2 Å². The van der Waals surface area contributed by atoms with Crippen LogP contribution < -0.4 is 4.72 Å². The zero-order valence-corrected chi connectivity index (χ0v) is 19.8. The average Bonchev–Trinajstić information content (AvgIpc) is 3.17. The molecule has 0 fully saturated rings. The van der Waals surface area contributed by atoms with E-state index in [0.717, 1.165) is 11.1 Å². The van der Waals surface area contributed by atoms with Gasteiger partial charge in [-0.05, 0) is 61.9 Å². The Labute approximate surface area is 193 Å². The van der Waals surface area contributed by atoms with Crippen LogP contribution >= 0.6 is 34.5 Å². The highest BCUT2D eigenvalue weighted by Crippen LogP contribution is 2.29. The smallest absolute Gasteiger partial charge is 0.207 e. The molecule has 30 heavy (non-hydrogen) atoms. The van der Waals surface area contributed by atoms with E-state index in [1.807, 2.05) is 50.4 Å². The van der Waals surface area contributed by atoms with Crippen LogP contribution in [0.4, 0.5) is 0 Å². The van der Waals surface area contributed by atoms with Gasteiger partial charge in [-0.15, -0.1) is 16.1 Å². The maximum absolute atomic E-state index is 12.8. The van der Waals surface area contributed by atoms with E-state index in [0.29, 0.717) is 16.3 Å². The second-order valence-corrected chi connectivity index (χ2v) is 11.4. The van der Waals surface area contributed by atoms with Crippen molar-refractivity contribution in [2.45, 2.75) is 38.0 Å². The van der Waals surface area contributed by atoms with Crippen molar-refractivity contribution in [1.29, 1.82) is 0 Å². The lowest BCUT2D eigenvalue weighted by atomic mass is 10.0. The summed E-state index contributed by atoms with van der Waals surface area (Å²) >= 11 is 12.2. The first-order valence-corrected chi connectivity index (χ1v) is 11.9. The topological polar surface area (TPSA) is 77.9 Å². The third kappa shape index (κ3) is 5.81. The van der Waals surface area contributed by atoms with E-state index in [2.05, 4.69) is 14.7 Å². The molecule has 0 spiro atoms. The van der Waals surface area contributed by atoms with Gasteiger partial charge >= 0.3 is 0 Å². The lowest BCUT2D eigenvalue weighted by molar-refractivity contribution is 0.104. The van der Waals surface area contributed by atoms with Crippen molar-refractivity contribution in [2.24, 2.45) is 0 Å². The van der Waals surface area contributed by atoms with Crippen LogP contribution in [0.15, 0.2) is 48.2 Å². The van der Waals surface area contributed by atoms with E-state index < -0.39 is 16.1 Å². The fraction of sp³-hybridized carbons (Fsp3) is 0.286. The quantitative estimate of drug-likeness (QED) is 0.277. The molecular formula is C21H21Cl2N3O2S2. The van der Waals surface area contributed by atoms with Crippen molar-refractivity contribution in [3.05, 3.63) is 80.0 Å². The maximum Gasteiger partial charge on any atom is 0.207 e. The summed E-state index contributed by atoms with van der Waals surface area (Å²) in [7, 11) is 0. The Hall–Kier alpha value is -1.48. The van der Waals surface area contributed by atoms with Crippen molar-refractivity contribution in [3.8, 4) is 0 Å². The van der Waals surface area contributed by atoms with Crippen LogP contribution in [-0.2, 0) is 17.8 Å². The predicted molar refractivity (Wildman–Crippen MR) is 124 cm³/mol. The van der Waals surface area contributed by atoms with Gasteiger partial charge in [0.25, 0.3) is 0 Å². The zero-order valence-electron chi connectivity index (χ0n) is 16.7. The van der Waals surface area contributed by atoms with E-state index in [9.17, 15) is 9.35 Å². The number of hydrogen-bond acceptors (Lipinski definition) is 6. The minimum atomic E-state index is -1.29. The summed E-state index contributed by atoms with van der Waals surface area (Å²) in [6.45, 7) is 5.73. The molecule has 9 heteroatoms. The molecule has 0 saturated carbocycles. The molecule has 158 valence electrons. The summed E-state index contributed by atoms with van der Waals surface area (Å²) < 4.78 is 15.6. The highest BCUT2D eigenvalue weighted by atomic mass is 35.5. The fourth-order valence-corrected chi connectivity index (χ4v) is 4.82. The highest BCUT2D eigenvalue weighted by Gasteiger charge is 2.31. The third-order valence-electron chi connectivity index (χ3n) is 4.29. The van der Waals surface area contributed by atoms with Crippen LogP contribution in [0.5, 0.6) is 0 Å². The minimum Gasteiger partial charge on any atom is -0.598 e. The van der Waals surface area contributed by atoms with E-state index >= 15 is 0 Å². The number of nitrogens with zero attached hydrogens (tertiary/aromatic N) is 2. The number of nitrogens with one attached hydrogen (secondary N) is 1. The molecule has 2 aromatic heterocycles. The molecule has 0 bridgehead atoms. The largest absolute Gasteiger partial charge is 0.598 e. The number of hydrogen-bond donors (Lipinski definition) is 1. The standard InChI is InChI=1S/C21H21Cl2N3O2S2/c1-21(2,3)30(28)26-17(8-13-5-4-6-15(22)7-13)14-9-18(29-11-14)19(27)16-10-24-12-25-20(16)23/h4-7,9-12,17,26H,8H2,1-3H3. The Morgan fingerprint density at radius 2 is 2.07 bits per heavy atom. The van der Waals surface area contributed by atoms with Crippen LogP contribution in [-0.4, -0.2) is 25.1 Å². The summed E-state index contributed by atoms with van der Waals surface area (Å²) in [6, 6.07) is 9.10. The molecule has 0 aliphatic heterocycles. The third-order valence-corrected chi connectivity index (χ3v) is 7.38. The Morgan fingerprint density at radius 1 is 1.30 bits per heavy atom. The first kappa shape index (κ1) is 23.2. The second kappa shape index (κ2) is 9.77. The minimum absolute atomic E-state index is 0.118. The van der Waals surface area contributed by atoms with Gasteiger partial charge in [-0.1, -0.05) is 35.3 Å². The molecule has 1 N–H and O–H groups in total. The van der Waals surface area contributed by atoms with Crippen molar-refractivity contribution < 1.29 is 9.35 Å². The normalized spacial score (nSPS) is 13.8. The van der Waals surface area contributed by atoms with Crippen LogP contribution in [0.3, 0.4) is 0 Å². The van der Waals surface area contributed by atoms with Gasteiger partial charge in [0.15, 0.2) is 0 Å². The summed E-state index contributed by atoms with van der Waals surface area (Å²) in [5.41, 5.74) is 2.13. The molecule has 2 unspecified atom stereocenters. The number of carbonyl (C=O) groups is 1. The van der Waals surface area contributed by atoms with E-state index in [1.165, 1.54) is 23.9 Å². The molecular weight excluding hydrogens is 461 g/mol. The lowest BCUT2D eigenvalue weighted by Gasteiger charge is -2.28. The maximum atomic E-state index is 12.8. The Bertz CT molecular complexity index is 1040. The van der Waals surface area contributed by atoms with E-state index in [-0.39, 0.29) is 22.5 Å². The molecule has 2 heterocycles. The molecule has 0 aliphatic rings. The molecule has 0 aliphatic carbocycles. The molecule has 0 radical (unpaired) electrons. The van der Waals surface area contributed by atoms with E-state index in [1.54, 1.807) is 6.07 Å². The van der Waals surface area contributed by atoms with Crippen molar-refractivity contribution in [3.63, 3.8) is 0 Å². The Balaban J connectivity index is 1.89. The average molecular weight is 482 g/mol. The Kier molecular flexibility index (Phi) is 7.55. The number of ketones is 1. The predicted octanol–water partition coefficient (Wildman–Crippen LogP) is 5.41. The van der Waals surface area contributed by atoms with Crippen LogP contribution in [0, 0.1) is 0 Å². The van der Waals surface area contributed by atoms with Crippen molar-refractivity contribution >= 4 is 51.7 Å². The fourth-order valence-electron chi connectivity index (χ4n) is 2.69. The van der Waals surface area contributed by atoms with Gasteiger partial charge in [-0.25, -0.2) is 9.97 Å². The number of halogens is 2.